The summed E-state index contributed by atoms with van der Waals surface area (Å²) < 4.78 is 1.88. The Labute approximate surface area is 108 Å². The third kappa shape index (κ3) is 2.45. The van der Waals surface area contributed by atoms with E-state index in [0.717, 1.165) is 0 Å². The molecule has 0 radical (unpaired) electrons. The molecule has 0 atom stereocenters. The van der Waals surface area contributed by atoms with Crippen molar-refractivity contribution in [1.29, 1.82) is 5.26 Å². The maximum atomic E-state index is 10.9. The molecule has 0 fully saturated rings. The van der Waals surface area contributed by atoms with Crippen LogP contribution >= 0.6 is 11.9 Å². The molecule has 0 saturated carbocycles. The Hall–Kier alpha value is -2.04. The van der Waals surface area contributed by atoms with Gasteiger partial charge in [0.15, 0.2) is 0 Å². The standard InChI is InChI=1S/C11H10N4O2S/c1-14-7-8(6-12)11(18-14)13-9-4-2-3-5-10(9)15(16)17/h2-5,13H,7H2,1H3. The first-order chi connectivity index (χ1) is 8.61. The van der Waals surface area contributed by atoms with Crippen LogP contribution in [-0.4, -0.2) is 22.8 Å². The van der Waals surface area contributed by atoms with Crippen molar-refractivity contribution in [3.8, 4) is 6.07 Å². The zero-order chi connectivity index (χ0) is 13.1. The van der Waals surface area contributed by atoms with Gasteiger partial charge in [-0.3, -0.25) is 10.1 Å². The van der Waals surface area contributed by atoms with Gasteiger partial charge in [-0.05, 0) is 25.1 Å². The number of nitro benzene ring substituents is 1. The van der Waals surface area contributed by atoms with Crippen LogP contribution in [0.2, 0.25) is 0 Å². The van der Waals surface area contributed by atoms with Crippen LogP contribution in [0.4, 0.5) is 11.4 Å². The molecular formula is C11H10N4O2S. The molecule has 2 rings (SSSR count). The minimum absolute atomic E-state index is 0.00237. The fourth-order valence-electron chi connectivity index (χ4n) is 1.58. The van der Waals surface area contributed by atoms with Crippen LogP contribution < -0.4 is 5.32 Å². The highest BCUT2D eigenvalue weighted by Gasteiger charge is 2.22. The van der Waals surface area contributed by atoms with E-state index in [0.29, 0.717) is 22.8 Å². The lowest BCUT2D eigenvalue weighted by Crippen LogP contribution is -2.04. The fourth-order valence-corrected chi connectivity index (χ4v) is 2.46. The molecule has 0 bridgehead atoms. The molecule has 1 aliphatic heterocycles. The third-order valence-corrected chi connectivity index (χ3v) is 3.36. The van der Waals surface area contributed by atoms with E-state index in [1.54, 1.807) is 18.2 Å². The average Bonchev–Trinajstić information content (AvgIpc) is 2.70. The Bertz CT molecular complexity index is 564. The van der Waals surface area contributed by atoms with Crippen LogP contribution in [-0.2, 0) is 0 Å². The molecule has 0 amide bonds. The van der Waals surface area contributed by atoms with E-state index < -0.39 is 4.92 Å². The second-order valence-corrected chi connectivity index (χ2v) is 4.91. The molecule has 0 aliphatic carbocycles. The lowest BCUT2D eigenvalue weighted by molar-refractivity contribution is -0.383. The predicted octanol–water partition coefficient (Wildman–Crippen LogP) is 2.34. The molecule has 1 heterocycles. The molecule has 1 aliphatic rings. The van der Waals surface area contributed by atoms with Gasteiger partial charge >= 0.3 is 0 Å². The van der Waals surface area contributed by atoms with Gasteiger partial charge in [-0.25, -0.2) is 4.31 Å². The number of nitro groups is 1. The van der Waals surface area contributed by atoms with E-state index in [9.17, 15) is 10.1 Å². The van der Waals surface area contributed by atoms with E-state index in [-0.39, 0.29) is 5.69 Å². The number of anilines is 1. The Morgan fingerprint density at radius 1 is 1.56 bits per heavy atom. The number of rotatable bonds is 3. The molecule has 0 unspecified atom stereocenters. The Morgan fingerprint density at radius 3 is 2.94 bits per heavy atom. The van der Waals surface area contributed by atoms with Crippen LogP contribution in [0.15, 0.2) is 34.9 Å². The van der Waals surface area contributed by atoms with Crippen molar-refractivity contribution in [2.75, 3.05) is 18.9 Å². The van der Waals surface area contributed by atoms with Crippen molar-refractivity contribution < 1.29 is 4.92 Å². The van der Waals surface area contributed by atoms with Crippen LogP contribution in [0.25, 0.3) is 0 Å². The van der Waals surface area contributed by atoms with Crippen molar-refractivity contribution in [1.82, 2.24) is 4.31 Å². The lowest BCUT2D eigenvalue weighted by Gasteiger charge is -2.08. The molecule has 1 aromatic carbocycles. The molecule has 7 heteroatoms. The highest BCUT2D eigenvalue weighted by atomic mass is 32.2. The van der Waals surface area contributed by atoms with Crippen molar-refractivity contribution in [2.45, 2.75) is 0 Å². The summed E-state index contributed by atoms with van der Waals surface area (Å²) in [6.45, 7) is 0.532. The Balaban J connectivity index is 2.30. The van der Waals surface area contributed by atoms with Crippen molar-refractivity contribution in [2.24, 2.45) is 0 Å². The monoisotopic (exact) mass is 262 g/mol. The molecule has 1 N–H and O–H groups in total. The maximum Gasteiger partial charge on any atom is 0.292 e. The molecule has 18 heavy (non-hydrogen) atoms. The van der Waals surface area contributed by atoms with Gasteiger partial charge < -0.3 is 5.32 Å². The average molecular weight is 262 g/mol. The second-order valence-electron chi connectivity index (χ2n) is 3.70. The SMILES string of the molecule is CN1CC(C#N)=C(Nc2ccccc2[N+](=O)[O-])S1. The summed E-state index contributed by atoms with van der Waals surface area (Å²) in [5, 5.41) is 23.5. The number of para-hydroxylation sites is 2. The zero-order valence-corrected chi connectivity index (χ0v) is 10.4. The first-order valence-electron chi connectivity index (χ1n) is 5.14. The van der Waals surface area contributed by atoms with Crippen LogP contribution in [0.3, 0.4) is 0 Å². The molecule has 6 nitrogen and oxygen atoms in total. The van der Waals surface area contributed by atoms with E-state index >= 15 is 0 Å². The highest BCUT2D eigenvalue weighted by Crippen LogP contribution is 2.34. The summed E-state index contributed by atoms with van der Waals surface area (Å²) in [5.41, 5.74) is 0.978. The number of nitriles is 1. The topological polar surface area (TPSA) is 82.2 Å². The largest absolute Gasteiger partial charge is 0.343 e. The summed E-state index contributed by atoms with van der Waals surface area (Å²) in [6.07, 6.45) is 0. The second kappa shape index (κ2) is 5.08. The first-order valence-corrected chi connectivity index (χ1v) is 5.92. The van der Waals surface area contributed by atoms with Gasteiger partial charge in [0.1, 0.15) is 10.7 Å². The third-order valence-electron chi connectivity index (χ3n) is 2.39. The minimum atomic E-state index is -0.446. The molecular weight excluding hydrogens is 252 g/mol. The lowest BCUT2D eigenvalue weighted by atomic mass is 10.2. The van der Waals surface area contributed by atoms with Gasteiger partial charge in [-0.1, -0.05) is 12.1 Å². The molecule has 92 valence electrons. The Kier molecular flexibility index (Phi) is 3.50. The normalized spacial score (nSPS) is 15.6. The maximum absolute atomic E-state index is 10.9. The highest BCUT2D eigenvalue weighted by molar-refractivity contribution is 8.01. The van der Waals surface area contributed by atoms with Crippen molar-refractivity contribution in [3.05, 3.63) is 45.0 Å². The van der Waals surface area contributed by atoms with E-state index in [1.807, 2.05) is 11.4 Å². The Morgan fingerprint density at radius 2 is 2.28 bits per heavy atom. The van der Waals surface area contributed by atoms with Gasteiger partial charge in [0.05, 0.1) is 16.6 Å². The van der Waals surface area contributed by atoms with Gasteiger partial charge in [-0.2, -0.15) is 5.26 Å². The number of hydrogen-bond acceptors (Lipinski definition) is 6. The van der Waals surface area contributed by atoms with Crippen molar-refractivity contribution >= 4 is 23.3 Å². The van der Waals surface area contributed by atoms with Crippen LogP contribution in [0, 0.1) is 21.4 Å². The minimum Gasteiger partial charge on any atom is -0.343 e. The molecule has 1 aromatic rings. The quantitative estimate of drug-likeness (QED) is 0.511. The number of nitrogens with zero attached hydrogens (tertiary/aromatic N) is 3. The van der Waals surface area contributed by atoms with Gasteiger partial charge in [-0.15, -0.1) is 0 Å². The summed E-state index contributed by atoms with van der Waals surface area (Å²) in [6, 6.07) is 8.47. The van der Waals surface area contributed by atoms with Gasteiger partial charge in [0.25, 0.3) is 5.69 Å². The zero-order valence-electron chi connectivity index (χ0n) is 9.58. The van der Waals surface area contributed by atoms with Gasteiger partial charge in [0.2, 0.25) is 0 Å². The number of benzene rings is 1. The summed E-state index contributed by atoms with van der Waals surface area (Å²) in [5.74, 6) is 0. The smallest absolute Gasteiger partial charge is 0.292 e. The molecule has 0 aromatic heterocycles. The van der Waals surface area contributed by atoms with Crippen LogP contribution in [0.1, 0.15) is 0 Å². The molecule has 0 spiro atoms. The summed E-state index contributed by atoms with van der Waals surface area (Å²) in [7, 11) is 1.86. The summed E-state index contributed by atoms with van der Waals surface area (Å²) >= 11 is 1.37. The predicted molar refractivity (Wildman–Crippen MR) is 69.6 cm³/mol. The number of hydrogen-bond donors (Lipinski definition) is 1. The van der Waals surface area contributed by atoms with Gasteiger partial charge in [0, 0.05) is 12.6 Å². The van der Waals surface area contributed by atoms with Crippen molar-refractivity contribution in [3.63, 3.8) is 0 Å². The van der Waals surface area contributed by atoms with E-state index in [2.05, 4.69) is 11.4 Å². The summed E-state index contributed by atoms with van der Waals surface area (Å²) in [4.78, 5) is 10.4. The van der Waals surface area contributed by atoms with E-state index in [1.165, 1.54) is 18.0 Å². The fraction of sp³-hybridized carbons (Fsp3) is 0.182. The number of nitrogens with one attached hydrogen (secondary N) is 1. The first kappa shape index (κ1) is 12.4. The number of likely N-dealkylation sites (N-methyl/N-ethyl adjacent to an activating group) is 1. The van der Waals surface area contributed by atoms with E-state index in [4.69, 9.17) is 5.26 Å². The van der Waals surface area contributed by atoms with Crippen LogP contribution in [0.5, 0.6) is 0 Å². The molecule has 0 saturated heterocycles.